The third kappa shape index (κ3) is 5.32. The molecule has 1 aliphatic rings. The van der Waals surface area contributed by atoms with Crippen LogP contribution < -0.4 is 0 Å². The highest BCUT2D eigenvalue weighted by molar-refractivity contribution is 7.99. The lowest BCUT2D eigenvalue weighted by Gasteiger charge is -2.34. The molecule has 162 valence electrons. The molecule has 7 nitrogen and oxygen atoms in total. The topological polar surface area (TPSA) is 67.2 Å². The number of benzene rings is 2. The summed E-state index contributed by atoms with van der Waals surface area (Å²) in [7, 11) is 0. The zero-order valence-corrected chi connectivity index (χ0v) is 19.1. The van der Waals surface area contributed by atoms with Gasteiger partial charge in [0.1, 0.15) is 0 Å². The molecule has 31 heavy (non-hydrogen) atoms. The van der Waals surface area contributed by atoms with Gasteiger partial charge in [-0.1, -0.05) is 59.3 Å². The van der Waals surface area contributed by atoms with Crippen molar-refractivity contribution in [1.82, 2.24) is 30.0 Å². The standard InChI is InChI=1S/C23H28N6OS/c1-17-5-4-6-20(14-17)15-27-9-11-28(12-10-27)22(30)16-31-23-24-25-26-29(23)21-8-7-18(2)13-19(21)3/h4-8,13-14H,9-12,15-16H2,1-3H3. The van der Waals surface area contributed by atoms with Gasteiger partial charge in [-0.05, 0) is 48.4 Å². The minimum Gasteiger partial charge on any atom is -0.339 e. The first kappa shape index (κ1) is 21.5. The molecule has 2 aromatic carbocycles. The zero-order valence-electron chi connectivity index (χ0n) is 18.3. The van der Waals surface area contributed by atoms with Gasteiger partial charge in [0.15, 0.2) is 0 Å². The Bertz CT molecular complexity index is 1060. The average Bonchev–Trinajstić information content (AvgIpc) is 3.21. The highest BCUT2D eigenvalue weighted by atomic mass is 32.2. The van der Waals surface area contributed by atoms with E-state index in [-0.39, 0.29) is 5.91 Å². The molecule has 1 aromatic heterocycles. The van der Waals surface area contributed by atoms with Crippen molar-refractivity contribution in [2.24, 2.45) is 0 Å². The summed E-state index contributed by atoms with van der Waals surface area (Å²) in [5.74, 6) is 0.471. The molecule has 0 unspecified atom stereocenters. The highest BCUT2D eigenvalue weighted by Crippen LogP contribution is 2.22. The van der Waals surface area contributed by atoms with Crippen molar-refractivity contribution in [1.29, 1.82) is 0 Å². The minimum absolute atomic E-state index is 0.135. The van der Waals surface area contributed by atoms with Gasteiger partial charge in [0, 0.05) is 32.7 Å². The summed E-state index contributed by atoms with van der Waals surface area (Å²) in [5.41, 5.74) is 5.85. The molecule has 2 heterocycles. The van der Waals surface area contributed by atoms with Crippen LogP contribution in [0.15, 0.2) is 47.6 Å². The SMILES string of the molecule is Cc1cccc(CN2CCN(C(=O)CSc3nnnn3-c3ccc(C)cc3C)CC2)c1. The van der Waals surface area contributed by atoms with Crippen molar-refractivity contribution >= 4 is 17.7 Å². The van der Waals surface area contributed by atoms with Gasteiger partial charge in [-0.15, -0.1) is 5.10 Å². The molecule has 0 aliphatic carbocycles. The molecule has 0 radical (unpaired) electrons. The number of hydrogen-bond donors (Lipinski definition) is 0. The molecule has 0 saturated carbocycles. The average molecular weight is 437 g/mol. The number of hydrogen-bond acceptors (Lipinski definition) is 6. The summed E-state index contributed by atoms with van der Waals surface area (Å²) in [6.07, 6.45) is 0. The van der Waals surface area contributed by atoms with E-state index in [0.29, 0.717) is 10.9 Å². The van der Waals surface area contributed by atoms with E-state index in [9.17, 15) is 4.79 Å². The summed E-state index contributed by atoms with van der Waals surface area (Å²) in [6, 6.07) is 14.8. The molecule has 1 amide bonds. The van der Waals surface area contributed by atoms with Gasteiger partial charge in [-0.25, -0.2) is 0 Å². The lowest BCUT2D eigenvalue weighted by atomic mass is 10.1. The van der Waals surface area contributed by atoms with Crippen molar-refractivity contribution in [3.05, 3.63) is 64.7 Å². The van der Waals surface area contributed by atoms with Crippen molar-refractivity contribution in [2.45, 2.75) is 32.5 Å². The largest absolute Gasteiger partial charge is 0.339 e. The molecule has 3 aromatic rings. The van der Waals surface area contributed by atoms with Crippen molar-refractivity contribution < 1.29 is 4.79 Å². The Balaban J connectivity index is 1.30. The van der Waals surface area contributed by atoms with E-state index in [2.05, 4.69) is 64.6 Å². The summed E-state index contributed by atoms with van der Waals surface area (Å²) in [6.45, 7) is 10.5. The maximum atomic E-state index is 12.8. The van der Waals surface area contributed by atoms with Crippen molar-refractivity contribution in [2.75, 3.05) is 31.9 Å². The second-order valence-corrected chi connectivity index (χ2v) is 9.04. The summed E-state index contributed by atoms with van der Waals surface area (Å²) in [5, 5.41) is 12.7. The van der Waals surface area contributed by atoms with Crippen LogP contribution in [0.2, 0.25) is 0 Å². The predicted octanol–water partition coefficient (Wildman–Crippen LogP) is 3.02. The first-order valence-electron chi connectivity index (χ1n) is 10.5. The number of aromatic nitrogens is 4. The molecule has 1 saturated heterocycles. The van der Waals surface area contributed by atoms with Crippen LogP contribution in [0.5, 0.6) is 0 Å². The molecule has 0 N–H and O–H groups in total. The Morgan fingerprint density at radius 3 is 2.52 bits per heavy atom. The maximum absolute atomic E-state index is 12.8. The van der Waals surface area contributed by atoms with Crippen LogP contribution in [-0.4, -0.2) is 67.8 Å². The number of carbonyl (C=O) groups excluding carboxylic acids is 1. The fourth-order valence-electron chi connectivity index (χ4n) is 3.90. The molecule has 0 bridgehead atoms. The fourth-order valence-corrected chi connectivity index (χ4v) is 4.69. The number of aryl methyl sites for hydroxylation is 3. The smallest absolute Gasteiger partial charge is 0.233 e. The van der Waals surface area contributed by atoms with Crippen LogP contribution in [-0.2, 0) is 11.3 Å². The second-order valence-electron chi connectivity index (χ2n) is 8.10. The number of carbonyl (C=O) groups is 1. The minimum atomic E-state index is 0.135. The highest BCUT2D eigenvalue weighted by Gasteiger charge is 2.22. The van der Waals surface area contributed by atoms with E-state index in [0.717, 1.165) is 44.0 Å². The Morgan fingerprint density at radius 1 is 1.00 bits per heavy atom. The predicted molar refractivity (Wildman–Crippen MR) is 122 cm³/mol. The fraction of sp³-hybridized carbons (Fsp3) is 0.391. The molecule has 0 atom stereocenters. The van der Waals surface area contributed by atoms with Crippen LogP contribution in [0.1, 0.15) is 22.3 Å². The van der Waals surface area contributed by atoms with Crippen LogP contribution in [0.25, 0.3) is 5.69 Å². The van der Waals surface area contributed by atoms with Crippen LogP contribution in [0.3, 0.4) is 0 Å². The quantitative estimate of drug-likeness (QED) is 0.554. The third-order valence-electron chi connectivity index (χ3n) is 5.56. The number of piperazine rings is 1. The molecule has 0 spiro atoms. The van der Waals surface area contributed by atoms with Gasteiger partial charge in [0.25, 0.3) is 0 Å². The number of thioether (sulfide) groups is 1. The van der Waals surface area contributed by atoms with E-state index >= 15 is 0 Å². The van der Waals surface area contributed by atoms with Gasteiger partial charge >= 0.3 is 0 Å². The van der Waals surface area contributed by atoms with Gasteiger partial charge in [0.05, 0.1) is 11.4 Å². The Kier molecular flexibility index (Phi) is 6.67. The third-order valence-corrected chi connectivity index (χ3v) is 6.46. The van der Waals surface area contributed by atoms with E-state index in [1.165, 1.54) is 28.5 Å². The first-order chi connectivity index (χ1) is 15.0. The van der Waals surface area contributed by atoms with Crippen LogP contribution in [0.4, 0.5) is 0 Å². The lowest BCUT2D eigenvalue weighted by Crippen LogP contribution is -2.48. The monoisotopic (exact) mass is 436 g/mol. The van der Waals surface area contributed by atoms with Gasteiger partial charge in [0.2, 0.25) is 11.1 Å². The Morgan fingerprint density at radius 2 is 1.77 bits per heavy atom. The van der Waals surface area contributed by atoms with E-state index in [1.807, 2.05) is 24.0 Å². The summed E-state index contributed by atoms with van der Waals surface area (Å²) >= 11 is 1.39. The Hall–Kier alpha value is -2.71. The first-order valence-corrected chi connectivity index (χ1v) is 11.5. The van der Waals surface area contributed by atoms with Gasteiger partial charge in [-0.2, -0.15) is 4.68 Å². The normalized spacial score (nSPS) is 14.7. The van der Waals surface area contributed by atoms with Gasteiger partial charge in [-0.3, -0.25) is 9.69 Å². The molecular formula is C23H28N6OS. The van der Waals surface area contributed by atoms with Gasteiger partial charge < -0.3 is 4.90 Å². The number of rotatable bonds is 6. The van der Waals surface area contributed by atoms with E-state index in [4.69, 9.17) is 0 Å². The molecular weight excluding hydrogens is 408 g/mol. The number of amides is 1. The van der Waals surface area contributed by atoms with Crippen molar-refractivity contribution in [3.8, 4) is 5.69 Å². The van der Waals surface area contributed by atoms with E-state index in [1.54, 1.807) is 4.68 Å². The molecule has 1 fully saturated rings. The van der Waals surface area contributed by atoms with E-state index < -0.39 is 0 Å². The number of tetrazole rings is 1. The van der Waals surface area contributed by atoms with Crippen molar-refractivity contribution in [3.63, 3.8) is 0 Å². The molecule has 4 rings (SSSR count). The second kappa shape index (κ2) is 9.62. The number of nitrogens with zero attached hydrogens (tertiary/aromatic N) is 6. The Labute approximate surface area is 187 Å². The van der Waals surface area contributed by atoms with Crippen LogP contribution in [0, 0.1) is 20.8 Å². The maximum Gasteiger partial charge on any atom is 0.233 e. The van der Waals surface area contributed by atoms with Crippen LogP contribution >= 0.6 is 11.8 Å². The summed E-state index contributed by atoms with van der Waals surface area (Å²) < 4.78 is 1.71. The summed E-state index contributed by atoms with van der Waals surface area (Å²) in [4.78, 5) is 17.1. The molecule has 8 heteroatoms. The lowest BCUT2D eigenvalue weighted by molar-refractivity contribution is -0.130. The zero-order chi connectivity index (χ0) is 21.8. The molecule has 1 aliphatic heterocycles.